The predicted molar refractivity (Wildman–Crippen MR) is 93.8 cm³/mol. The highest BCUT2D eigenvalue weighted by molar-refractivity contribution is 6.45. The SMILES string of the molecule is C=CCN1C(=O)C(=O)N(CC(=O)NCCc2ccc(N)cc2)C1=O.Cl. The Morgan fingerprint density at radius 1 is 1.12 bits per heavy atom. The summed E-state index contributed by atoms with van der Waals surface area (Å²) in [7, 11) is 0. The molecular formula is C16H19ClN4O4. The van der Waals surface area contributed by atoms with Crippen LogP contribution in [0.1, 0.15) is 5.56 Å². The molecule has 2 rings (SSSR count). The maximum absolute atomic E-state index is 11.9. The molecule has 1 saturated heterocycles. The number of amides is 5. The van der Waals surface area contributed by atoms with E-state index in [0.717, 1.165) is 10.5 Å². The first-order valence-corrected chi connectivity index (χ1v) is 7.33. The molecule has 1 aliphatic heterocycles. The zero-order valence-electron chi connectivity index (χ0n) is 13.4. The van der Waals surface area contributed by atoms with Crippen LogP contribution < -0.4 is 11.1 Å². The van der Waals surface area contributed by atoms with Gasteiger partial charge in [0.15, 0.2) is 0 Å². The second-order valence-corrected chi connectivity index (χ2v) is 5.22. The van der Waals surface area contributed by atoms with Crippen molar-refractivity contribution >= 4 is 41.8 Å². The van der Waals surface area contributed by atoms with Gasteiger partial charge in [0.1, 0.15) is 6.54 Å². The predicted octanol–water partition coefficient (Wildman–Crippen LogP) is 0.326. The summed E-state index contributed by atoms with van der Waals surface area (Å²) in [5, 5.41) is 2.61. The number of nitrogen functional groups attached to an aromatic ring is 1. The van der Waals surface area contributed by atoms with Crippen molar-refractivity contribution in [2.24, 2.45) is 0 Å². The lowest BCUT2D eigenvalue weighted by atomic mass is 10.1. The molecule has 5 amide bonds. The zero-order valence-corrected chi connectivity index (χ0v) is 14.3. The lowest BCUT2D eigenvalue weighted by Gasteiger charge is -2.14. The third kappa shape index (κ3) is 4.80. The lowest BCUT2D eigenvalue weighted by molar-refractivity contribution is -0.143. The number of nitrogens with two attached hydrogens (primary N) is 1. The topological polar surface area (TPSA) is 113 Å². The van der Waals surface area contributed by atoms with Crippen LogP contribution in [0, 0.1) is 0 Å². The minimum atomic E-state index is -1.00. The van der Waals surface area contributed by atoms with Crippen molar-refractivity contribution in [2.75, 3.05) is 25.4 Å². The van der Waals surface area contributed by atoms with Gasteiger partial charge in [0.25, 0.3) is 0 Å². The molecular weight excluding hydrogens is 348 g/mol. The quantitative estimate of drug-likeness (QED) is 0.312. The highest BCUT2D eigenvalue weighted by Gasteiger charge is 2.44. The summed E-state index contributed by atoms with van der Waals surface area (Å²) in [6, 6.07) is 6.41. The van der Waals surface area contributed by atoms with Gasteiger partial charge in [0.05, 0.1) is 0 Å². The molecule has 1 aromatic rings. The Labute approximate surface area is 151 Å². The molecule has 0 unspecified atom stereocenters. The molecule has 0 bridgehead atoms. The molecule has 1 fully saturated rings. The minimum absolute atomic E-state index is 0. The fourth-order valence-electron chi connectivity index (χ4n) is 2.21. The van der Waals surface area contributed by atoms with Crippen LogP contribution >= 0.6 is 12.4 Å². The maximum atomic E-state index is 11.9. The molecule has 1 aromatic carbocycles. The molecule has 134 valence electrons. The number of carbonyl (C=O) groups is 4. The lowest BCUT2D eigenvalue weighted by Crippen LogP contribution is -2.42. The summed E-state index contributed by atoms with van der Waals surface area (Å²) in [4.78, 5) is 48.6. The number of benzene rings is 1. The van der Waals surface area contributed by atoms with Gasteiger partial charge >= 0.3 is 17.8 Å². The second-order valence-electron chi connectivity index (χ2n) is 5.22. The summed E-state index contributed by atoms with van der Waals surface area (Å²) in [5.74, 6) is -2.47. The summed E-state index contributed by atoms with van der Waals surface area (Å²) < 4.78 is 0. The van der Waals surface area contributed by atoms with E-state index in [-0.39, 0.29) is 19.0 Å². The molecule has 3 N–H and O–H groups in total. The van der Waals surface area contributed by atoms with Crippen LogP contribution in [0.15, 0.2) is 36.9 Å². The molecule has 0 spiro atoms. The monoisotopic (exact) mass is 366 g/mol. The number of anilines is 1. The number of hydrogen-bond donors (Lipinski definition) is 2. The largest absolute Gasteiger partial charge is 0.399 e. The van der Waals surface area contributed by atoms with E-state index in [4.69, 9.17) is 5.73 Å². The average Bonchev–Trinajstić information content (AvgIpc) is 2.75. The highest BCUT2D eigenvalue weighted by Crippen LogP contribution is 2.11. The van der Waals surface area contributed by atoms with Crippen molar-refractivity contribution in [2.45, 2.75) is 6.42 Å². The van der Waals surface area contributed by atoms with Gasteiger partial charge in [0.2, 0.25) is 5.91 Å². The fraction of sp³-hybridized carbons (Fsp3) is 0.250. The Morgan fingerprint density at radius 2 is 1.72 bits per heavy atom. The van der Waals surface area contributed by atoms with Gasteiger partial charge in [-0.25, -0.2) is 9.69 Å². The van der Waals surface area contributed by atoms with E-state index in [0.29, 0.717) is 23.6 Å². The standard InChI is InChI=1S/C16H18N4O4.ClH/c1-2-9-19-14(22)15(23)20(16(19)24)10-13(21)18-8-7-11-3-5-12(17)6-4-11;/h2-6H,1,7-10,17H2,(H,18,21);1H. The molecule has 1 heterocycles. The van der Waals surface area contributed by atoms with Gasteiger partial charge in [-0.3, -0.25) is 19.3 Å². The van der Waals surface area contributed by atoms with E-state index < -0.39 is 30.3 Å². The first-order chi connectivity index (χ1) is 11.4. The van der Waals surface area contributed by atoms with E-state index >= 15 is 0 Å². The Kier molecular flexibility index (Phi) is 7.13. The molecule has 9 heteroatoms. The highest BCUT2D eigenvalue weighted by atomic mass is 35.5. The normalized spacial score (nSPS) is 13.7. The van der Waals surface area contributed by atoms with Crippen LogP contribution in [0.2, 0.25) is 0 Å². The van der Waals surface area contributed by atoms with Crippen LogP contribution in [0.25, 0.3) is 0 Å². The summed E-state index contributed by atoms with van der Waals surface area (Å²) in [6.07, 6.45) is 1.91. The van der Waals surface area contributed by atoms with Gasteiger partial charge < -0.3 is 11.1 Å². The van der Waals surface area contributed by atoms with E-state index in [1.807, 2.05) is 12.1 Å². The van der Waals surface area contributed by atoms with Crippen LogP contribution in [-0.4, -0.2) is 53.2 Å². The third-order valence-corrected chi connectivity index (χ3v) is 3.46. The molecule has 0 aromatic heterocycles. The zero-order chi connectivity index (χ0) is 17.7. The number of carbonyl (C=O) groups excluding carboxylic acids is 4. The van der Waals surface area contributed by atoms with Gasteiger partial charge in [-0.1, -0.05) is 18.2 Å². The van der Waals surface area contributed by atoms with Gasteiger partial charge in [-0.15, -0.1) is 19.0 Å². The molecule has 1 aliphatic rings. The van der Waals surface area contributed by atoms with Crippen LogP contribution in [0.5, 0.6) is 0 Å². The van der Waals surface area contributed by atoms with Crippen molar-refractivity contribution in [3.05, 3.63) is 42.5 Å². The summed E-state index contributed by atoms with van der Waals surface area (Å²) in [6.45, 7) is 3.19. The van der Waals surface area contributed by atoms with Crippen LogP contribution in [0.4, 0.5) is 10.5 Å². The number of rotatable bonds is 7. The molecule has 0 atom stereocenters. The number of nitrogens with zero attached hydrogens (tertiary/aromatic N) is 2. The number of hydrogen-bond acceptors (Lipinski definition) is 5. The minimum Gasteiger partial charge on any atom is -0.399 e. The van der Waals surface area contributed by atoms with Gasteiger partial charge in [0, 0.05) is 18.8 Å². The van der Waals surface area contributed by atoms with Crippen molar-refractivity contribution in [3.8, 4) is 0 Å². The number of imide groups is 2. The van der Waals surface area contributed by atoms with Crippen LogP contribution in [-0.2, 0) is 20.8 Å². The Balaban J connectivity index is 0.00000312. The maximum Gasteiger partial charge on any atom is 0.335 e. The molecule has 0 aliphatic carbocycles. The number of nitrogens with one attached hydrogen (secondary N) is 1. The van der Waals surface area contributed by atoms with Crippen LogP contribution in [0.3, 0.4) is 0 Å². The summed E-state index contributed by atoms with van der Waals surface area (Å²) >= 11 is 0. The Morgan fingerprint density at radius 3 is 2.32 bits per heavy atom. The Bertz CT molecular complexity index is 690. The Hall–Kier alpha value is -2.87. The van der Waals surface area contributed by atoms with E-state index in [1.54, 1.807) is 12.1 Å². The molecule has 8 nitrogen and oxygen atoms in total. The van der Waals surface area contributed by atoms with Gasteiger partial charge in [-0.2, -0.15) is 0 Å². The molecule has 25 heavy (non-hydrogen) atoms. The average molecular weight is 367 g/mol. The summed E-state index contributed by atoms with van der Waals surface area (Å²) in [5.41, 5.74) is 7.23. The fourth-order valence-corrected chi connectivity index (χ4v) is 2.21. The smallest absolute Gasteiger partial charge is 0.335 e. The van der Waals surface area contributed by atoms with E-state index in [9.17, 15) is 19.2 Å². The molecule has 0 saturated carbocycles. The van der Waals surface area contributed by atoms with E-state index in [1.165, 1.54) is 6.08 Å². The third-order valence-electron chi connectivity index (χ3n) is 3.46. The number of urea groups is 1. The van der Waals surface area contributed by atoms with Crippen molar-refractivity contribution < 1.29 is 19.2 Å². The van der Waals surface area contributed by atoms with Crippen molar-refractivity contribution in [1.29, 1.82) is 0 Å². The number of halogens is 1. The first kappa shape index (κ1) is 20.2. The van der Waals surface area contributed by atoms with Crippen molar-refractivity contribution in [3.63, 3.8) is 0 Å². The molecule has 0 radical (unpaired) electrons. The second kappa shape index (κ2) is 8.84. The van der Waals surface area contributed by atoms with E-state index in [2.05, 4.69) is 11.9 Å². The van der Waals surface area contributed by atoms with Gasteiger partial charge in [-0.05, 0) is 24.1 Å². The van der Waals surface area contributed by atoms with Crippen molar-refractivity contribution in [1.82, 2.24) is 15.1 Å². The first-order valence-electron chi connectivity index (χ1n) is 7.33.